The van der Waals surface area contributed by atoms with Crippen LogP contribution in [0.3, 0.4) is 0 Å². The summed E-state index contributed by atoms with van der Waals surface area (Å²) in [6, 6.07) is 10.8. The molecule has 0 saturated carbocycles. The first kappa shape index (κ1) is 18.8. The third kappa shape index (κ3) is 5.27. The van der Waals surface area contributed by atoms with E-state index >= 15 is 0 Å². The molecule has 1 aliphatic carbocycles. The van der Waals surface area contributed by atoms with Crippen molar-refractivity contribution in [1.82, 2.24) is 5.32 Å². The molecule has 3 rings (SSSR count). The van der Waals surface area contributed by atoms with Crippen LogP contribution in [0.4, 0.5) is 0 Å². The molecule has 0 spiro atoms. The third-order valence-corrected chi connectivity index (χ3v) is 4.83. The van der Waals surface area contributed by atoms with Crippen molar-refractivity contribution in [2.45, 2.75) is 38.3 Å². The maximum atomic E-state index is 5.03. The Morgan fingerprint density at radius 3 is 2.93 bits per heavy atom. The highest BCUT2D eigenvalue weighted by atomic mass is 15.1. The highest BCUT2D eigenvalue weighted by Gasteiger charge is 2.31. The number of amidine groups is 1. The van der Waals surface area contributed by atoms with Crippen LogP contribution in [0.5, 0.6) is 0 Å². The van der Waals surface area contributed by atoms with Gasteiger partial charge in [0.1, 0.15) is 0 Å². The lowest BCUT2D eigenvalue weighted by Crippen LogP contribution is -2.36. The average molecular weight is 358 g/mol. The second-order valence-electron chi connectivity index (χ2n) is 6.79. The van der Waals surface area contributed by atoms with Gasteiger partial charge >= 0.3 is 0 Å². The Bertz CT molecular complexity index is 822. The van der Waals surface area contributed by atoms with E-state index in [1.807, 2.05) is 6.08 Å². The summed E-state index contributed by atoms with van der Waals surface area (Å²) in [7, 11) is 0. The molecule has 1 aromatic rings. The number of benzene rings is 1. The second-order valence-corrected chi connectivity index (χ2v) is 6.79. The van der Waals surface area contributed by atoms with E-state index in [1.165, 1.54) is 16.7 Å². The molecule has 2 atom stereocenters. The zero-order valence-corrected chi connectivity index (χ0v) is 15.9. The zero-order valence-electron chi connectivity index (χ0n) is 15.9. The number of aliphatic imine (C=N–C) groups is 2. The number of allylic oxidation sites excluding steroid dienone is 6. The quantitative estimate of drug-likeness (QED) is 0.543. The van der Waals surface area contributed by atoms with Crippen LogP contribution in [0, 0.1) is 0 Å². The Hall–Kier alpha value is -2.94. The van der Waals surface area contributed by atoms with Gasteiger partial charge in [0.2, 0.25) is 0 Å². The molecule has 27 heavy (non-hydrogen) atoms. The van der Waals surface area contributed by atoms with Gasteiger partial charge in [-0.25, -0.2) is 0 Å². The summed E-state index contributed by atoms with van der Waals surface area (Å²) in [6.45, 7) is 5.62. The van der Waals surface area contributed by atoms with Gasteiger partial charge in [0.05, 0.1) is 17.9 Å². The van der Waals surface area contributed by atoms with Crippen LogP contribution in [-0.2, 0) is 6.42 Å². The highest BCUT2D eigenvalue weighted by molar-refractivity contribution is 5.86. The average Bonchev–Trinajstić information content (AvgIpc) is 2.93. The molecule has 1 N–H and O–H groups in total. The Morgan fingerprint density at radius 2 is 2.11 bits per heavy atom. The van der Waals surface area contributed by atoms with Gasteiger partial charge in [-0.3, -0.25) is 9.98 Å². The van der Waals surface area contributed by atoms with Crippen LogP contribution in [0.25, 0.3) is 0 Å². The van der Waals surface area contributed by atoms with Crippen LogP contribution in [0.2, 0.25) is 0 Å². The van der Waals surface area contributed by atoms with Gasteiger partial charge in [0, 0.05) is 12.6 Å². The van der Waals surface area contributed by atoms with E-state index in [9.17, 15) is 0 Å². The van der Waals surface area contributed by atoms with Crippen molar-refractivity contribution in [3.8, 4) is 0 Å². The van der Waals surface area contributed by atoms with Crippen LogP contribution >= 0.6 is 0 Å². The Morgan fingerprint density at radius 1 is 1.26 bits per heavy atom. The summed E-state index contributed by atoms with van der Waals surface area (Å²) < 4.78 is 0. The predicted octanol–water partition coefficient (Wildman–Crippen LogP) is 4.96. The minimum Gasteiger partial charge on any atom is -0.364 e. The van der Waals surface area contributed by atoms with Gasteiger partial charge in [-0.1, -0.05) is 66.8 Å². The number of nitrogens with one attached hydrogen (secondary N) is 1. The van der Waals surface area contributed by atoms with Crippen molar-refractivity contribution in [3.05, 3.63) is 95.8 Å². The molecule has 1 aromatic carbocycles. The van der Waals surface area contributed by atoms with Crippen molar-refractivity contribution >= 4 is 12.6 Å². The highest BCUT2D eigenvalue weighted by Crippen LogP contribution is 2.25. The Labute approximate surface area is 162 Å². The molecule has 2 aliphatic rings. The number of rotatable bonds is 7. The normalized spacial score (nSPS) is 22.3. The molecular formula is C24H27N3. The maximum absolute atomic E-state index is 5.03. The van der Waals surface area contributed by atoms with Gasteiger partial charge in [-0.05, 0) is 49.3 Å². The van der Waals surface area contributed by atoms with Gasteiger partial charge < -0.3 is 5.32 Å². The van der Waals surface area contributed by atoms with Gasteiger partial charge in [-0.15, -0.1) is 0 Å². The van der Waals surface area contributed by atoms with E-state index in [1.54, 1.807) is 6.20 Å². The van der Waals surface area contributed by atoms with Crippen LogP contribution in [-0.4, -0.2) is 24.6 Å². The molecule has 1 heterocycles. The fourth-order valence-electron chi connectivity index (χ4n) is 3.39. The molecule has 0 saturated heterocycles. The molecule has 3 heteroatoms. The van der Waals surface area contributed by atoms with Crippen molar-refractivity contribution in [3.63, 3.8) is 0 Å². The minimum atomic E-state index is 0.0965. The minimum absolute atomic E-state index is 0.0965. The van der Waals surface area contributed by atoms with E-state index in [0.29, 0.717) is 0 Å². The fourth-order valence-corrected chi connectivity index (χ4v) is 3.39. The SMILES string of the molecule is C=N/C=C\C=C(/C)[C@@H]1N=C(CCc2ccccc2)N[C@@H]1C1=CCC=CC=C1. The van der Waals surface area contributed by atoms with E-state index in [4.69, 9.17) is 4.99 Å². The largest absolute Gasteiger partial charge is 0.364 e. The molecule has 0 radical (unpaired) electrons. The van der Waals surface area contributed by atoms with Crippen molar-refractivity contribution in [2.24, 2.45) is 9.98 Å². The smallest absolute Gasteiger partial charge is 0.0980 e. The van der Waals surface area contributed by atoms with Crippen LogP contribution in [0.15, 0.2) is 100 Å². The lowest BCUT2D eigenvalue weighted by Gasteiger charge is -2.21. The summed E-state index contributed by atoms with van der Waals surface area (Å²) in [6.07, 6.45) is 19.4. The van der Waals surface area contributed by atoms with E-state index in [0.717, 1.165) is 25.1 Å². The lowest BCUT2D eigenvalue weighted by molar-refractivity contribution is 0.650. The van der Waals surface area contributed by atoms with E-state index < -0.39 is 0 Å². The summed E-state index contributed by atoms with van der Waals surface area (Å²) in [5.41, 5.74) is 3.85. The number of hydrogen-bond acceptors (Lipinski definition) is 3. The summed E-state index contributed by atoms with van der Waals surface area (Å²) in [5, 5.41) is 3.68. The number of hydrogen-bond donors (Lipinski definition) is 1. The van der Waals surface area contributed by atoms with Crippen LogP contribution < -0.4 is 5.32 Å². The number of nitrogens with zero attached hydrogens (tertiary/aromatic N) is 2. The first-order chi connectivity index (χ1) is 13.3. The molecule has 0 bridgehead atoms. The molecule has 0 aromatic heterocycles. The third-order valence-electron chi connectivity index (χ3n) is 4.83. The van der Waals surface area contributed by atoms with Gasteiger partial charge in [0.25, 0.3) is 0 Å². The lowest BCUT2D eigenvalue weighted by atomic mass is 9.94. The second kappa shape index (κ2) is 9.67. The van der Waals surface area contributed by atoms with E-state index in [2.05, 4.69) is 90.7 Å². The van der Waals surface area contributed by atoms with Gasteiger partial charge in [-0.2, -0.15) is 0 Å². The Kier molecular flexibility index (Phi) is 6.75. The topological polar surface area (TPSA) is 36.8 Å². The monoisotopic (exact) mass is 357 g/mol. The molecule has 0 fully saturated rings. The predicted molar refractivity (Wildman–Crippen MR) is 116 cm³/mol. The molecule has 3 nitrogen and oxygen atoms in total. The zero-order chi connectivity index (χ0) is 18.9. The fraction of sp³-hybridized carbons (Fsp3) is 0.250. The molecule has 0 unspecified atom stereocenters. The maximum Gasteiger partial charge on any atom is 0.0980 e. The Balaban J connectivity index is 1.78. The van der Waals surface area contributed by atoms with Crippen molar-refractivity contribution in [2.75, 3.05) is 0 Å². The summed E-state index contributed by atoms with van der Waals surface area (Å²) in [5.74, 6) is 1.08. The molecular weight excluding hydrogens is 330 g/mol. The van der Waals surface area contributed by atoms with E-state index in [-0.39, 0.29) is 12.1 Å². The van der Waals surface area contributed by atoms with Crippen molar-refractivity contribution in [1.29, 1.82) is 0 Å². The van der Waals surface area contributed by atoms with Crippen LogP contribution in [0.1, 0.15) is 25.3 Å². The molecule has 0 amide bonds. The summed E-state index contributed by atoms with van der Waals surface area (Å²) in [4.78, 5) is 8.81. The summed E-state index contributed by atoms with van der Waals surface area (Å²) >= 11 is 0. The number of aryl methyl sites for hydroxylation is 1. The first-order valence-electron chi connectivity index (χ1n) is 9.47. The standard InChI is InChI=1S/C24H27N3/c1-19(11-10-18-25-2)23-24(21-14-8-3-4-9-15-21)27-22(26-23)17-16-20-12-6-5-7-13-20/h3-8,10-15,18,23-24H,2,9,16-17H2,1H3,(H,26,27)/b18-10-,19-11+/t23-,24+/m0/s1. The van der Waals surface area contributed by atoms with Gasteiger partial charge in [0.15, 0.2) is 0 Å². The first-order valence-corrected chi connectivity index (χ1v) is 9.47. The molecule has 1 aliphatic heterocycles. The molecule has 138 valence electrons. The van der Waals surface area contributed by atoms with Crippen molar-refractivity contribution < 1.29 is 0 Å².